The predicted molar refractivity (Wildman–Crippen MR) is 71.4 cm³/mol. The molecule has 2 nitrogen and oxygen atoms in total. The van der Waals surface area contributed by atoms with Crippen molar-refractivity contribution in [1.82, 2.24) is 5.32 Å². The lowest BCUT2D eigenvalue weighted by molar-refractivity contribution is 0.153. The van der Waals surface area contributed by atoms with E-state index < -0.39 is 0 Å². The van der Waals surface area contributed by atoms with Crippen molar-refractivity contribution in [3.05, 3.63) is 34.1 Å². The summed E-state index contributed by atoms with van der Waals surface area (Å²) in [5.74, 6) is -0.221. The van der Waals surface area contributed by atoms with E-state index in [0.717, 1.165) is 4.47 Å². The molecule has 0 saturated carbocycles. The van der Waals surface area contributed by atoms with E-state index in [2.05, 4.69) is 21.2 Å². The zero-order chi connectivity index (χ0) is 13.1. The van der Waals surface area contributed by atoms with E-state index in [1.807, 2.05) is 26.8 Å². The molecule has 1 unspecified atom stereocenters. The lowest BCUT2D eigenvalue weighted by atomic mass is 9.94. The zero-order valence-corrected chi connectivity index (χ0v) is 12.0. The van der Waals surface area contributed by atoms with Gasteiger partial charge in [0.1, 0.15) is 5.82 Å². The van der Waals surface area contributed by atoms with Gasteiger partial charge in [-0.2, -0.15) is 0 Å². The first-order valence-electron chi connectivity index (χ1n) is 5.65. The second kappa shape index (κ2) is 5.94. The molecule has 4 heteroatoms. The average Bonchev–Trinajstić information content (AvgIpc) is 2.26. The van der Waals surface area contributed by atoms with Crippen LogP contribution in [-0.2, 0) is 0 Å². The molecule has 1 aromatic rings. The summed E-state index contributed by atoms with van der Waals surface area (Å²) < 4.78 is 14.4. The summed E-state index contributed by atoms with van der Waals surface area (Å²) in [5, 5.41) is 12.4. The van der Waals surface area contributed by atoms with Crippen LogP contribution in [0.1, 0.15) is 32.4 Å². The normalized spacial score (nSPS) is 13.8. The van der Waals surface area contributed by atoms with Crippen molar-refractivity contribution in [1.29, 1.82) is 0 Å². The Hall–Kier alpha value is -0.450. The molecule has 1 rings (SSSR count). The van der Waals surface area contributed by atoms with Gasteiger partial charge >= 0.3 is 0 Å². The van der Waals surface area contributed by atoms with Crippen LogP contribution in [-0.4, -0.2) is 18.3 Å². The van der Waals surface area contributed by atoms with Crippen LogP contribution in [0.2, 0.25) is 0 Å². The van der Waals surface area contributed by atoms with Crippen molar-refractivity contribution in [2.24, 2.45) is 5.41 Å². The summed E-state index contributed by atoms with van der Waals surface area (Å²) in [5.41, 5.74) is 0.446. The quantitative estimate of drug-likeness (QED) is 0.875. The minimum atomic E-state index is -0.221. The standard InChI is InChI=1S/C13H19BrFNO/c1-9(16-7-13(2,3)8-17)11-5-4-10(14)6-12(11)15/h4-6,9,16-17H,7-8H2,1-3H3. The van der Waals surface area contributed by atoms with E-state index in [9.17, 15) is 4.39 Å². The zero-order valence-electron chi connectivity index (χ0n) is 10.4. The molecule has 0 aliphatic rings. The van der Waals surface area contributed by atoms with Crippen LogP contribution in [0.4, 0.5) is 4.39 Å². The number of halogens is 2. The highest BCUT2D eigenvalue weighted by Crippen LogP contribution is 2.22. The summed E-state index contributed by atoms with van der Waals surface area (Å²) in [6, 6.07) is 4.98. The van der Waals surface area contributed by atoms with E-state index in [4.69, 9.17) is 5.11 Å². The van der Waals surface area contributed by atoms with Gasteiger partial charge in [-0.1, -0.05) is 35.8 Å². The van der Waals surface area contributed by atoms with E-state index in [1.54, 1.807) is 6.07 Å². The number of benzene rings is 1. The SMILES string of the molecule is CC(NCC(C)(C)CO)c1ccc(Br)cc1F. The molecular weight excluding hydrogens is 285 g/mol. The summed E-state index contributed by atoms with van der Waals surface area (Å²) in [4.78, 5) is 0. The molecule has 0 amide bonds. The number of aliphatic hydroxyl groups is 1. The van der Waals surface area contributed by atoms with Crippen LogP contribution < -0.4 is 5.32 Å². The summed E-state index contributed by atoms with van der Waals surface area (Å²) in [6.07, 6.45) is 0. The Balaban J connectivity index is 2.67. The first kappa shape index (κ1) is 14.6. The Bertz CT molecular complexity index is 382. The molecule has 0 aromatic heterocycles. The van der Waals surface area contributed by atoms with Gasteiger partial charge in [0.05, 0.1) is 0 Å². The highest BCUT2D eigenvalue weighted by Gasteiger charge is 2.18. The number of hydrogen-bond acceptors (Lipinski definition) is 2. The molecule has 0 bridgehead atoms. The lowest BCUT2D eigenvalue weighted by Gasteiger charge is -2.25. The van der Waals surface area contributed by atoms with Crippen molar-refractivity contribution in [2.45, 2.75) is 26.8 Å². The first-order valence-corrected chi connectivity index (χ1v) is 6.44. The Morgan fingerprint density at radius 1 is 1.47 bits per heavy atom. The third-order valence-electron chi connectivity index (χ3n) is 2.74. The Labute approximate surface area is 110 Å². The lowest BCUT2D eigenvalue weighted by Crippen LogP contribution is -2.34. The highest BCUT2D eigenvalue weighted by atomic mass is 79.9. The van der Waals surface area contributed by atoms with Gasteiger partial charge in [-0.05, 0) is 19.1 Å². The molecular formula is C13H19BrFNO. The molecule has 0 aliphatic heterocycles. The Morgan fingerprint density at radius 2 is 2.12 bits per heavy atom. The number of hydrogen-bond donors (Lipinski definition) is 2. The molecule has 0 spiro atoms. The van der Waals surface area contributed by atoms with Crippen LogP contribution in [0.15, 0.2) is 22.7 Å². The Morgan fingerprint density at radius 3 is 2.65 bits per heavy atom. The van der Waals surface area contributed by atoms with Crippen molar-refractivity contribution in [3.63, 3.8) is 0 Å². The van der Waals surface area contributed by atoms with E-state index in [-0.39, 0.29) is 23.9 Å². The predicted octanol–water partition coefficient (Wildman–Crippen LogP) is 3.26. The monoisotopic (exact) mass is 303 g/mol. The molecule has 0 saturated heterocycles. The van der Waals surface area contributed by atoms with E-state index >= 15 is 0 Å². The van der Waals surface area contributed by atoms with Gasteiger partial charge in [0.2, 0.25) is 0 Å². The van der Waals surface area contributed by atoms with Crippen molar-refractivity contribution in [2.75, 3.05) is 13.2 Å². The molecule has 2 N–H and O–H groups in total. The molecule has 0 fully saturated rings. The number of aliphatic hydroxyl groups excluding tert-OH is 1. The molecule has 96 valence electrons. The molecule has 0 aliphatic carbocycles. The maximum atomic E-state index is 13.7. The number of rotatable bonds is 5. The fourth-order valence-electron chi connectivity index (χ4n) is 1.45. The van der Waals surface area contributed by atoms with Gasteiger partial charge in [0, 0.05) is 34.6 Å². The van der Waals surface area contributed by atoms with Gasteiger partial charge in [0.15, 0.2) is 0 Å². The van der Waals surface area contributed by atoms with Gasteiger partial charge in [-0.15, -0.1) is 0 Å². The molecule has 0 heterocycles. The van der Waals surface area contributed by atoms with Gasteiger partial charge in [-0.3, -0.25) is 0 Å². The summed E-state index contributed by atoms with van der Waals surface area (Å²) in [7, 11) is 0. The smallest absolute Gasteiger partial charge is 0.129 e. The minimum Gasteiger partial charge on any atom is -0.396 e. The van der Waals surface area contributed by atoms with Gasteiger partial charge in [-0.25, -0.2) is 4.39 Å². The second-order valence-corrected chi connectivity index (χ2v) is 6.01. The van der Waals surface area contributed by atoms with E-state index in [0.29, 0.717) is 12.1 Å². The van der Waals surface area contributed by atoms with Crippen LogP contribution >= 0.6 is 15.9 Å². The third-order valence-corrected chi connectivity index (χ3v) is 3.24. The first-order chi connectivity index (χ1) is 7.85. The molecule has 0 radical (unpaired) electrons. The topological polar surface area (TPSA) is 32.3 Å². The van der Waals surface area contributed by atoms with Crippen molar-refractivity contribution < 1.29 is 9.50 Å². The largest absolute Gasteiger partial charge is 0.396 e. The van der Waals surface area contributed by atoms with Crippen LogP contribution in [0, 0.1) is 11.2 Å². The molecule has 1 atom stereocenters. The second-order valence-electron chi connectivity index (χ2n) is 5.09. The number of nitrogens with one attached hydrogen (secondary N) is 1. The van der Waals surface area contributed by atoms with Gasteiger partial charge in [0.25, 0.3) is 0 Å². The van der Waals surface area contributed by atoms with Crippen molar-refractivity contribution >= 4 is 15.9 Å². The molecule has 17 heavy (non-hydrogen) atoms. The van der Waals surface area contributed by atoms with Gasteiger partial charge < -0.3 is 10.4 Å². The van der Waals surface area contributed by atoms with E-state index in [1.165, 1.54) is 6.07 Å². The minimum absolute atomic E-state index is 0.0751. The van der Waals surface area contributed by atoms with Crippen LogP contribution in [0.5, 0.6) is 0 Å². The molecule has 1 aromatic carbocycles. The summed E-state index contributed by atoms with van der Waals surface area (Å²) in [6.45, 7) is 6.59. The maximum absolute atomic E-state index is 13.7. The average molecular weight is 304 g/mol. The third kappa shape index (κ3) is 4.37. The fourth-order valence-corrected chi connectivity index (χ4v) is 1.78. The maximum Gasteiger partial charge on any atom is 0.129 e. The van der Waals surface area contributed by atoms with Crippen LogP contribution in [0.3, 0.4) is 0 Å². The fraction of sp³-hybridized carbons (Fsp3) is 0.538. The highest BCUT2D eigenvalue weighted by molar-refractivity contribution is 9.10. The Kier molecular flexibility index (Phi) is 5.10. The summed E-state index contributed by atoms with van der Waals surface area (Å²) >= 11 is 3.23. The van der Waals surface area contributed by atoms with Crippen molar-refractivity contribution in [3.8, 4) is 0 Å². The van der Waals surface area contributed by atoms with Crippen LogP contribution in [0.25, 0.3) is 0 Å².